The summed E-state index contributed by atoms with van der Waals surface area (Å²) in [6, 6.07) is 0. The minimum absolute atomic E-state index is 0.165. The molecule has 0 aromatic carbocycles. The van der Waals surface area contributed by atoms with Crippen LogP contribution in [-0.2, 0) is 9.09 Å². The van der Waals surface area contributed by atoms with Crippen molar-refractivity contribution in [3.05, 3.63) is 0 Å². The van der Waals surface area contributed by atoms with E-state index < -0.39 is 7.60 Å². The first-order valence-corrected chi connectivity index (χ1v) is 6.74. The van der Waals surface area contributed by atoms with E-state index in [-0.39, 0.29) is 6.10 Å². The molecule has 0 radical (unpaired) electrons. The molecule has 0 aliphatic carbocycles. The van der Waals surface area contributed by atoms with Gasteiger partial charge >= 0.3 is 7.60 Å². The van der Waals surface area contributed by atoms with Crippen molar-refractivity contribution >= 4 is 7.60 Å². The third kappa shape index (κ3) is 8.48. The Morgan fingerprint density at radius 2 is 1.92 bits per heavy atom. The van der Waals surface area contributed by atoms with Crippen molar-refractivity contribution < 1.29 is 14.0 Å². The molecule has 0 aliphatic heterocycles. The number of hydrogen-bond donors (Lipinski definition) is 1. The molecule has 0 spiro atoms. The Hall–Kier alpha value is 0.150. The van der Waals surface area contributed by atoms with Gasteiger partial charge in [0, 0.05) is 6.16 Å². The summed E-state index contributed by atoms with van der Waals surface area (Å²) in [5.41, 5.74) is 0. The molecule has 80 valence electrons. The smallest absolute Gasteiger partial charge is 0.324 e. The number of unbranched alkanes of at least 4 members (excludes halogenated alkanes) is 3. The molecule has 1 N–H and O–H groups in total. The Balaban J connectivity index is 3.57. The highest BCUT2D eigenvalue weighted by Crippen LogP contribution is 2.44. The lowest BCUT2D eigenvalue weighted by Gasteiger charge is -2.14. The molecule has 4 heteroatoms. The van der Waals surface area contributed by atoms with E-state index in [0.29, 0.717) is 6.16 Å². The zero-order valence-corrected chi connectivity index (χ0v) is 9.72. The molecular weight excluding hydrogens is 187 g/mol. The maximum Gasteiger partial charge on any atom is 0.328 e. The summed E-state index contributed by atoms with van der Waals surface area (Å²) in [4.78, 5) is 9.32. The van der Waals surface area contributed by atoms with Crippen molar-refractivity contribution in [2.24, 2.45) is 0 Å². The highest BCUT2D eigenvalue weighted by atomic mass is 31.2. The molecule has 0 aromatic heterocycles. The van der Waals surface area contributed by atoms with Gasteiger partial charge in [-0.2, -0.15) is 0 Å². The van der Waals surface area contributed by atoms with E-state index >= 15 is 0 Å². The molecule has 0 rings (SSSR count). The van der Waals surface area contributed by atoms with Gasteiger partial charge in [0.15, 0.2) is 0 Å². The highest BCUT2D eigenvalue weighted by molar-refractivity contribution is 7.52. The zero-order chi connectivity index (χ0) is 10.3. The standard InChI is InChI=1S/C9H21O3P/c1-4-5-6-7-8-13(10,11)12-9(2)3/h9H,4-8H2,1-3H3,(H,10,11). The first-order valence-electron chi connectivity index (χ1n) is 4.98. The van der Waals surface area contributed by atoms with Gasteiger partial charge in [-0.15, -0.1) is 0 Å². The van der Waals surface area contributed by atoms with E-state index in [1.54, 1.807) is 13.8 Å². The van der Waals surface area contributed by atoms with Crippen molar-refractivity contribution in [2.45, 2.75) is 52.6 Å². The van der Waals surface area contributed by atoms with Crippen LogP contribution in [0.15, 0.2) is 0 Å². The van der Waals surface area contributed by atoms with Crippen LogP contribution in [0.1, 0.15) is 46.5 Å². The molecule has 0 saturated heterocycles. The normalized spacial score (nSPS) is 16.1. The Morgan fingerprint density at radius 1 is 1.31 bits per heavy atom. The van der Waals surface area contributed by atoms with Crippen LogP contribution in [0.3, 0.4) is 0 Å². The summed E-state index contributed by atoms with van der Waals surface area (Å²) in [6.45, 7) is 5.66. The third-order valence-corrected chi connectivity index (χ3v) is 3.30. The first kappa shape index (κ1) is 13.2. The van der Waals surface area contributed by atoms with Gasteiger partial charge in [-0.3, -0.25) is 4.57 Å². The largest absolute Gasteiger partial charge is 0.328 e. The van der Waals surface area contributed by atoms with Crippen LogP contribution in [0.25, 0.3) is 0 Å². The average Bonchev–Trinajstić information content (AvgIpc) is 1.95. The van der Waals surface area contributed by atoms with Crippen molar-refractivity contribution in [3.8, 4) is 0 Å². The van der Waals surface area contributed by atoms with Gasteiger partial charge in [-0.25, -0.2) is 0 Å². The maximum absolute atomic E-state index is 11.3. The minimum atomic E-state index is -3.29. The summed E-state index contributed by atoms with van der Waals surface area (Å²) in [6.07, 6.45) is 4.20. The summed E-state index contributed by atoms with van der Waals surface area (Å²) in [5, 5.41) is 0. The van der Waals surface area contributed by atoms with E-state index in [1.165, 1.54) is 0 Å². The van der Waals surface area contributed by atoms with Crippen molar-refractivity contribution in [3.63, 3.8) is 0 Å². The van der Waals surface area contributed by atoms with Crippen LogP contribution >= 0.6 is 7.60 Å². The predicted molar refractivity (Wildman–Crippen MR) is 55.1 cm³/mol. The molecule has 3 nitrogen and oxygen atoms in total. The lowest BCUT2D eigenvalue weighted by atomic mass is 10.2. The molecule has 0 aliphatic rings. The Kier molecular flexibility index (Phi) is 6.66. The Labute approximate surface area is 81.0 Å². The zero-order valence-electron chi connectivity index (χ0n) is 8.82. The molecule has 0 amide bonds. The van der Waals surface area contributed by atoms with Crippen molar-refractivity contribution in [1.29, 1.82) is 0 Å². The molecule has 0 aromatic rings. The van der Waals surface area contributed by atoms with E-state index in [4.69, 9.17) is 4.52 Å². The van der Waals surface area contributed by atoms with Gasteiger partial charge < -0.3 is 9.42 Å². The minimum Gasteiger partial charge on any atom is -0.324 e. The topological polar surface area (TPSA) is 46.5 Å². The summed E-state index contributed by atoms with van der Waals surface area (Å²) >= 11 is 0. The summed E-state index contributed by atoms with van der Waals surface area (Å²) in [5.74, 6) is 0. The van der Waals surface area contributed by atoms with E-state index in [2.05, 4.69) is 6.92 Å². The molecule has 1 atom stereocenters. The quantitative estimate of drug-likeness (QED) is 0.516. The number of rotatable bonds is 7. The first-order chi connectivity index (χ1) is 5.98. The molecule has 0 bridgehead atoms. The fourth-order valence-corrected chi connectivity index (χ4v) is 2.51. The van der Waals surface area contributed by atoms with Crippen LogP contribution in [0, 0.1) is 0 Å². The second kappa shape index (κ2) is 6.58. The fraction of sp³-hybridized carbons (Fsp3) is 1.00. The van der Waals surface area contributed by atoms with Crippen molar-refractivity contribution in [2.75, 3.05) is 6.16 Å². The van der Waals surface area contributed by atoms with Gasteiger partial charge in [-0.05, 0) is 20.3 Å². The van der Waals surface area contributed by atoms with E-state index in [9.17, 15) is 9.46 Å². The lowest BCUT2D eigenvalue weighted by molar-refractivity contribution is 0.204. The number of hydrogen-bond acceptors (Lipinski definition) is 2. The fourth-order valence-electron chi connectivity index (χ4n) is 1.12. The van der Waals surface area contributed by atoms with Crippen LogP contribution in [-0.4, -0.2) is 17.2 Å². The maximum atomic E-state index is 11.3. The van der Waals surface area contributed by atoms with Gasteiger partial charge in [0.2, 0.25) is 0 Å². The van der Waals surface area contributed by atoms with Crippen LogP contribution in [0.2, 0.25) is 0 Å². The monoisotopic (exact) mass is 208 g/mol. The summed E-state index contributed by atoms with van der Waals surface area (Å²) < 4.78 is 16.2. The highest BCUT2D eigenvalue weighted by Gasteiger charge is 2.19. The van der Waals surface area contributed by atoms with Crippen LogP contribution in [0.4, 0.5) is 0 Å². The molecule has 13 heavy (non-hydrogen) atoms. The Morgan fingerprint density at radius 3 is 2.38 bits per heavy atom. The predicted octanol–water partition coefficient (Wildman–Crippen LogP) is 3.18. The van der Waals surface area contributed by atoms with Gasteiger partial charge in [-0.1, -0.05) is 26.2 Å². The molecular formula is C9H21O3P. The second-order valence-electron chi connectivity index (χ2n) is 3.58. The Bertz CT molecular complexity index is 168. The third-order valence-electron chi connectivity index (χ3n) is 1.67. The SMILES string of the molecule is CCCCCCP(=O)(O)OC(C)C. The molecule has 1 unspecified atom stereocenters. The van der Waals surface area contributed by atoms with Crippen LogP contribution in [0.5, 0.6) is 0 Å². The van der Waals surface area contributed by atoms with Crippen molar-refractivity contribution in [1.82, 2.24) is 0 Å². The van der Waals surface area contributed by atoms with Gasteiger partial charge in [0.1, 0.15) is 0 Å². The molecule has 0 saturated carbocycles. The second-order valence-corrected chi connectivity index (χ2v) is 5.51. The summed E-state index contributed by atoms with van der Waals surface area (Å²) in [7, 11) is -3.29. The average molecular weight is 208 g/mol. The van der Waals surface area contributed by atoms with E-state index in [0.717, 1.165) is 25.7 Å². The van der Waals surface area contributed by atoms with E-state index in [1.807, 2.05) is 0 Å². The van der Waals surface area contributed by atoms with Crippen LogP contribution < -0.4 is 0 Å². The molecule has 0 heterocycles. The molecule has 0 fully saturated rings. The lowest BCUT2D eigenvalue weighted by Crippen LogP contribution is -2.02. The van der Waals surface area contributed by atoms with Gasteiger partial charge in [0.05, 0.1) is 6.10 Å². The van der Waals surface area contributed by atoms with Gasteiger partial charge in [0.25, 0.3) is 0 Å².